The Bertz CT molecular complexity index is 590. The van der Waals surface area contributed by atoms with Crippen molar-refractivity contribution in [2.45, 2.75) is 13.8 Å². The molecule has 100 valence electrons. The molecule has 5 heteroatoms. The Morgan fingerprint density at radius 3 is 2.74 bits per heavy atom. The molecule has 1 N–H and O–H groups in total. The van der Waals surface area contributed by atoms with E-state index in [4.69, 9.17) is 4.74 Å². The molecule has 0 saturated heterocycles. The van der Waals surface area contributed by atoms with Gasteiger partial charge in [-0.2, -0.15) is 5.10 Å². The lowest BCUT2D eigenvalue weighted by Crippen LogP contribution is -2.21. The summed E-state index contributed by atoms with van der Waals surface area (Å²) < 4.78 is 7.04. The van der Waals surface area contributed by atoms with Crippen LogP contribution in [0.1, 0.15) is 11.1 Å². The minimum Gasteiger partial charge on any atom is -0.484 e. The maximum atomic E-state index is 11.7. The number of carbonyl (C=O) groups is 1. The monoisotopic (exact) mass is 259 g/mol. The van der Waals surface area contributed by atoms with Gasteiger partial charge in [0.25, 0.3) is 5.91 Å². The zero-order chi connectivity index (χ0) is 13.8. The van der Waals surface area contributed by atoms with Crippen molar-refractivity contribution in [2.75, 3.05) is 11.9 Å². The Morgan fingerprint density at radius 1 is 1.32 bits per heavy atom. The fourth-order valence-corrected chi connectivity index (χ4v) is 1.63. The van der Waals surface area contributed by atoms with Crippen molar-refractivity contribution in [3.8, 4) is 5.75 Å². The quantitative estimate of drug-likeness (QED) is 0.914. The number of anilines is 1. The van der Waals surface area contributed by atoms with Gasteiger partial charge in [0.1, 0.15) is 11.6 Å². The molecule has 0 aliphatic heterocycles. The molecule has 1 aromatic heterocycles. The maximum absolute atomic E-state index is 11.7. The van der Waals surface area contributed by atoms with Crippen LogP contribution in [0.15, 0.2) is 30.5 Å². The number of nitrogens with one attached hydrogen (secondary N) is 1. The van der Waals surface area contributed by atoms with Crippen molar-refractivity contribution in [3.63, 3.8) is 0 Å². The third-order valence-electron chi connectivity index (χ3n) is 2.94. The van der Waals surface area contributed by atoms with Crippen LogP contribution in [0.4, 0.5) is 5.82 Å². The first-order valence-electron chi connectivity index (χ1n) is 6.04. The first-order chi connectivity index (χ1) is 9.06. The van der Waals surface area contributed by atoms with Gasteiger partial charge in [0.05, 0.1) is 6.20 Å². The van der Waals surface area contributed by atoms with Crippen molar-refractivity contribution < 1.29 is 9.53 Å². The molecule has 0 aliphatic carbocycles. The summed E-state index contributed by atoms with van der Waals surface area (Å²) in [7, 11) is 1.76. The highest BCUT2D eigenvalue weighted by Gasteiger charge is 2.06. The fourth-order valence-electron chi connectivity index (χ4n) is 1.63. The van der Waals surface area contributed by atoms with Crippen LogP contribution >= 0.6 is 0 Å². The summed E-state index contributed by atoms with van der Waals surface area (Å²) in [5, 5.41) is 6.69. The molecule has 19 heavy (non-hydrogen) atoms. The van der Waals surface area contributed by atoms with E-state index >= 15 is 0 Å². The van der Waals surface area contributed by atoms with E-state index in [1.807, 2.05) is 32.0 Å². The standard InChI is InChI=1S/C14H17N3O2/c1-10-4-5-12(8-11(10)2)19-9-14(18)16-13-6-7-15-17(13)3/h4-8H,9H2,1-3H3,(H,16,18). The van der Waals surface area contributed by atoms with E-state index in [-0.39, 0.29) is 12.5 Å². The molecule has 2 rings (SSSR count). The van der Waals surface area contributed by atoms with Gasteiger partial charge in [-0.05, 0) is 37.1 Å². The van der Waals surface area contributed by atoms with Crippen molar-refractivity contribution in [1.82, 2.24) is 9.78 Å². The Labute approximate surface area is 112 Å². The molecular weight excluding hydrogens is 242 g/mol. The number of hydrogen-bond acceptors (Lipinski definition) is 3. The molecule has 1 heterocycles. The van der Waals surface area contributed by atoms with E-state index in [1.165, 1.54) is 5.56 Å². The lowest BCUT2D eigenvalue weighted by Gasteiger charge is -2.09. The van der Waals surface area contributed by atoms with E-state index in [9.17, 15) is 4.79 Å². The summed E-state index contributed by atoms with van der Waals surface area (Å²) in [4.78, 5) is 11.7. The predicted octanol–water partition coefficient (Wildman–Crippen LogP) is 2.05. The van der Waals surface area contributed by atoms with Crippen LogP contribution < -0.4 is 10.1 Å². The van der Waals surface area contributed by atoms with E-state index in [0.29, 0.717) is 11.6 Å². The average Bonchev–Trinajstić information content (AvgIpc) is 2.77. The van der Waals surface area contributed by atoms with Gasteiger partial charge in [-0.15, -0.1) is 0 Å². The van der Waals surface area contributed by atoms with Crippen LogP contribution in [0.25, 0.3) is 0 Å². The summed E-state index contributed by atoms with van der Waals surface area (Å²) in [6.45, 7) is 4.03. The molecule has 0 saturated carbocycles. The Balaban J connectivity index is 1.90. The fraction of sp³-hybridized carbons (Fsp3) is 0.286. The smallest absolute Gasteiger partial charge is 0.263 e. The van der Waals surface area contributed by atoms with Gasteiger partial charge in [-0.3, -0.25) is 9.48 Å². The van der Waals surface area contributed by atoms with Gasteiger partial charge in [0.2, 0.25) is 0 Å². The SMILES string of the molecule is Cc1ccc(OCC(=O)Nc2ccnn2C)cc1C. The molecular formula is C14H17N3O2. The minimum atomic E-state index is -0.207. The van der Waals surface area contributed by atoms with Gasteiger partial charge in [0.15, 0.2) is 6.61 Å². The number of amides is 1. The van der Waals surface area contributed by atoms with Crippen LogP contribution in [0.5, 0.6) is 5.75 Å². The van der Waals surface area contributed by atoms with Crippen LogP contribution in [-0.2, 0) is 11.8 Å². The third-order valence-corrected chi connectivity index (χ3v) is 2.94. The Morgan fingerprint density at radius 2 is 2.11 bits per heavy atom. The van der Waals surface area contributed by atoms with Gasteiger partial charge in [-0.1, -0.05) is 6.07 Å². The van der Waals surface area contributed by atoms with Crippen molar-refractivity contribution in [3.05, 3.63) is 41.6 Å². The highest BCUT2D eigenvalue weighted by molar-refractivity contribution is 5.91. The van der Waals surface area contributed by atoms with Gasteiger partial charge in [-0.25, -0.2) is 0 Å². The minimum absolute atomic E-state index is 0.0202. The maximum Gasteiger partial charge on any atom is 0.263 e. The van der Waals surface area contributed by atoms with Crippen LogP contribution in [0.3, 0.4) is 0 Å². The lowest BCUT2D eigenvalue weighted by molar-refractivity contribution is -0.118. The van der Waals surface area contributed by atoms with Gasteiger partial charge >= 0.3 is 0 Å². The number of ether oxygens (including phenoxy) is 1. The summed E-state index contributed by atoms with van der Waals surface area (Å²) in [6, 6.07) is 7.49. The van der Waals surface area contributed by atoms with E-state index in [1.54, 1.807) is 24.0 Å². The molecule has 0 bridgehead atoms. The molecule has 1 aromatic carbocycles. The van der Waals surface area contributed by atoms with Crippen LogP contribution in [0.2, 0.25) is 0 Å². The second-order valence-electron chi connectivity index (χ2n) is 4.42. The van der Waals surface area contributed by atoms with E-state index in [2.05, 4.69) is 10.4 Å². The molecule has 0 atom stereocenters. The van der Waals surface area contributed by atoms with Crippen molar-refractivity contribution in [2.24, 2.45) is 7.05 Å². The molecule has 2 aromatic rings. The molecule has 1 amide bonds. The first-order valence-corrected chi connectivity index (χ1v) is 6.04. The second-order valence-corrected chi connectivity index (χ2v) is 4.42. The summed E-state index contributed by atoms with van der Waals surface area (Å²) in [5.74, 6) is 1.14. The molecule has 0 spiro atoms. The number of benzene rings is 1. The van der Waals surface area contributed by atoms with Gasteiger partial charge < -0.3 is 10.1 Å². The molecule has 0 aliphatic rings. The lowest BCUT2D eigenvalue weighted by atomic mass is 10.1. The number of rotatable bonds is 4. The average molecular weight is 259 g/mol. The normalized spacial score (nSPS) is 10.3. The largest absolute Gasteiger partial charge is 0.484 e. The van der Waals surface area contributed by atoms with Crippen molar-refractivity contribution >= 4 is 11.7 Å². The topological polar surface area (TPSA) is 56.1 Å². The second kappa shape index (κ2) is 5.56. The number of nitrogens with zero attached hydrogens (tertiary/aromatic N) is 2. The van der Waals surface area contributed by atoms with E-state index in [0.717, 1.165) is 5.56 Å². The van der Waals surface area contributed by atoms with E-state index < -0.39 is 0 Å². The van der Waals surface area contributed by atoms with Crippen LogP contribution in [-0.4, -0.2) is 22.3 Å². The third kappa shape index (κ3) is 3.34. The molecule has 0 unspecified atom stereocenters. The number of hydrogen-bond donors (Lipinski definition) is 1. The van der Waals surface area contributed by atoms with Crippen LogP contribution in [0, 0.1) is 13.8 Å². The molecule has 0 radical (unpaired) electrons. The predicted molar refractivity (Wildman–Crippen MR) is 73.2 cm³/mol. The molecule has 0 fully saturated rings. The Kier molecular flexibility index (Phi) is 3.85. The van der Waals surface area contributed by atoms with Crippen molar-refractivity contribution in [1.29, 1.82) is 0 Å². The highest BCUT2D eigenvalue weighted by atomic mass is 16.5. The zero-order valence-corrected chi connectivity index (χ0v) is 11.3. The zero-order valence-electron chi connectivity index (χ0n) is 11.3. The molecule has 5 nitrogen and oxygen atoms in total. The number of aryl methyl sites for hydroxylation is 3. The highest BCUT2D eigenvalue weighted by Crippen LogP contribution is 2.16. The summed E-state index contributed by atoms with van der Waals surface area (Å²) in [5.41, 5.74) is 2.34. The number of carbonyl (C=O) groups excluding carboxylic acids is 1. The Hall–Kier alpha value is -2.30. The first kappa shape index (κ1) is 13.1. The van der Waals surface area contributed by atoms with Gasteiger partial charge in [0, 0.05) is 13.1 Å². The number of aromatic nitrogens is 2. The summed E-state index contributed by atoms with van der Waals surface area (Å²) in [6.07, 6.45) is 1.62. The summed E-state index contributed by atoms with van der Waals surface area (Å²) >= 11 is 0.